The molecule has 1 aromatic heterocycles. The van der Waals surface area contributed by atoms with Crippen LogP contribution in [-0.4, -0.2) is 40.6 Å². The highest BCUT2D eigenvalue weighted by atomic mass is 35.5. The SMILES string of the molecule is CC(Cc1ccc(OCc2ccccn2)cc1)N(C)CC(=O)O.Cl. The number of benzene rings is 1. The van der Waals surface area contributed by atoms with Gasteiger partial charge in [0.25, 0.3) is 0 Å². The normalized spacial score (nSPS) is 11.6. The van der Waals surface area contributed by atoms with Crippen LogP contribution < -0.4 is 4.74 Å². The van der Waals surface area contributed by atoms with Gasteiger partial charge in [0, 0.05) is 12.2 Å². The number of aromatic nitrogens is 1. The molecule has 5 nitrogen and oxygen atoms in total. The number of hydrogen-bond acceptors (Lipinski definition) is 4. The molecule has 0 aliphatic rings. The molecule has 0 bridgehead atoms. The second-order valence-electron chi connectivity index (χ2n) is 5.62. The van der Waals surface area contributed by atoms with Gasteiger partial charge in [0.05, 0.1) is 12.2 Å². The molecule has 2 rings (SSSR count). The molecule has 0 saturated carbocycles. The minimum atomic E-state index is -0.808. The zero-order valence-electron chi connectivity index (χ0n) is 13.9. The fourth-order valence-corrected chi connectivity index (χ4v) is 2.23. The van der Waals surface area contributed by atoms with Gasteiger partial charge in [0.1, 0.15) is 12.4 Å². The van der Waals surface area contributed by atoms with Crippen molar-refractivity contribution in [3.63, 3.8) is 0 Å². The number of ether oxygens (including phenoxy) is 1. The van der Waals surface area contributed by atoms with Crippen LogP contribution in [0.3, 0.4) is 0 Å². The van der Waals surface area contributed by atoms with Gasteiger partial charge in [-0.25, -0.2) is 0 Å². The summed E-state index contributed by atoms with van der Waals surface area (Å²) in [6.07, 6.45) is 2.54. The molecule has 6 heteroatoms. The van der Waals surface area contributed by atoms with Gasteiger partial charge < -0.3 is 9.84 Å². The Hall–Kier alpha value is -2.11. The van der Waals surface area contributed by atoms with Crippen LogP contribution in [0.4, 0.5) is 0 Å². The van der Waals surface area contributed by atoms with E-state index in [4.69, 9.17) is 9.84 Å². The first-order chi connectivity index (χ1) is 11.0. The standard InChI is InChI=1S/C18H22N2O3.ClH/c1-14(20(2)12-18(21)22)11-15-6-8-17(9-7-15)23-13-16-5-3-4-10-19-16;/h3-10,14H,11-13H2,1-2H3,(H,21,22);1H. The van der Waals surface area contributed by atoms with Crippen molar-refractivity contribution in [1.82, 2.24) is 9.88 Å². The van der Waals surface area contributed by atoms with Gasteiger partial charge in [-0.2, -0.15) is 0 Å². The minimum absolute atomic E-state index is 0. The van der Waals surface area contributed by atoms with Gasteiger partial charge in [-0.15, -0.1) is 12.4 Å². The van der Waals surface area contributed by atoms with Crippen LogP contribution in [0, 0.1) is 0 Å². The fourth-order valence-electron chi connectivity index (χ4n) is 2.23. The predicted molar refractivity (Wildman–Crippen MR) is 95.7 cm³/mol. The molecule has 0 spiro atoms. The minimum Gasteiger partial charge on any atom is -0.487 e. The lowest BCUT2D eigenvalue weighted by atomic mass is 10.1. The summed E-state index contributed by atoms with van der Waals surface area (Å²) >= 11 is 0. The van der Waals surface area contributed by atoms with Crippen LogP contribution in [-0.2, 0) is 17.8 Å². The number of rotatable bonds is 8. The fraction of sp³-hybridized carbons (Fsp3) is 0.333. The molecule has 0 aliphatic heterocycles. The number of halogens is 1. The van der Waals surface area contributed by atoms with Crippen LogP contribution >= 0.6 is 12.4 Å². The van der Waals surface area contributed by atoms with Crippen molar-refractivity contribution in [2.45, 2.75) is 26.0 Å². The number of carboxylic acids is 1. The molecule has 130 valence electrons. The number of hydrogen-bond donors (Lipinski definition) is 1. The molecular weight excluding hydrogens is 328 g/mol. The Morgan fingerprint density at radius 1 is 1.25 bits per heavy atom. The lowest BCUT2D eigenvalue weighted by Gasteiger charge is -2.22. The summed E-state index contributed by atoms with van der Waals surface area (Å²) in [5.74, 6) is -0.0106. The van der Waals surface area contributed by atoms with E-state index in [0.29, 0.717) is 6.61 Å². The van der Waals surface area contributed by atoms with E-state index in [0.717, 1.165) is 23.4 Å². The van der Waals surface area contributed by atoms with E-state index in [2.05, 4.69) is 4.98 Å². The first-order valence-corrected chi connectivity index (χ1v) is 7.58. The molecule has 1 aromatic carbocycles. The average molecular weight is 351 g/mol. The van der Waals surface area contributed by atoms with Crippen LogP contribution in [0.1, 0.15) is 18.2 Å². The average Bonchev–Trinajstić information content (AvgIpc) is 2.54. The van der Waals surface area contributed by atoms with Crippen molar-refractivity contribution < 1.29 is 14.6 Å². The highest BCUT2D eigenvalue weighted by Crippen LogP contribution is 2.15. The summed E-state index contributed by atoms with van der Waals surface area (Å²) in [6, 6.07) is 13.8. The molecular formula is C18H23ClN2O3. The molecule has 1 heterocycles. The van der Waals surface area contributed by atoms with Crippen molar-refractivity contribution in [2.24, 2.45) is 0 Å². The van der Waals surface area contributed by atoms with Crippen LogP contribution in [0.2, 0.25) is 0 Å². The molecule has 1 unspecified atom stereocenters. The Bertz CT molecular complexity index is 620. The molecule has 0 fully saturated rings. The van der Waals surface area contributed by atoms with E-state index in [-0.39, 0.29) is 25.0 Å². The summed E-state index contributed by atoms with van der Waals surface area (Å²) in [4.78, 5) is 16.8. The first-order valence-electron chi connectivity index (χ1n) is 7.58. The number of likely N-dealkylation sites (N-methyl/N-ethyl adjacent to an activating group) is 1. The Morgan fingerprint density at radius 3 is 2.54 bits per heavy atom. The zero-order valence-corrected chi connectivity index (χ0v) is 14.7. The maximum atomic E-state index is 10.7. The van der Waals surface area contributed by atoms with E-state index in [1.165, 1.54) is 0 Å². The number of pyridine rings is 1. The lowest BCUT2D eigenvalue weighted by molar-refractivity contribution is -0.138. The molecule has 24 heavy (non-hydrogen) atoms. The molecule has 0 amide bonds. The van der Waals surface area contributed by atoms with Crippen molar-refractivity contribution >= 4 is 18.4 Å². The molecule has 0 saturated heterocycles. The number of carbonyl (C=O) groups is 1. The van der Waals surface area contributed by atoms with E-state index in [1.54, 1.807) is 6.20 Å². The van der Waals surface area contributed by atoms with Gasteiger partial charge in [-0.3, -0.25) is 14.7 Å². The second-order valence-corrected chi connectivity index (χ2v) is 5.62. The van der Waals surface area contributed by atoms with Gasteiger partial charge in [-0.05, 0) is 50.2 Å². The molecule has 1 atom stereocenters. The molecule has 2 aromatic rings. The topological polar surface area (TPSA) is 62.7 Å². The Balaban J connectivity index is 0.00000288. The second kappa shape index (κ2) is 9.90. The summed E-state index contributed by atoms with van der Waals surface area (Å²) in [5.41, 5.74) is 2.04. The Morgan fingerprint density at radius 2 is 1.96 bits per heavy atom. The van der Waals surface area contributed by atoms with Crippen LogP contribution in [0.25, 0.3) is 0 Å². The van der Waals surface area contributed by atoms with Crippen LogP contribution in [0.15, 0.2) is 48.7 Å². The van der Waals surface area contributed by atoms with Gasteiger partial charge in [0.15, 0.2) is 0 Å². The van der Waals surface area contributed by atoms with E-state index in [9.17, 15) is 4.79 Å². The third kappa shape index (κ3) is 6.56. The predicted octanol–water partition coefficient (Wildman–Crippen LogP) is 3.03. The zero-order chi connectivity index (χ0) is 16.7. The van der Waals surface area contributed by atoms with E-state index >= 15 is 0 Å². The highest BCUT2D eigenvalue weighted by Gasteiger charge is 2.12. The van der Waals surface area contributed by atoms with Crippen LogP contribution in [0.5, 0.6) is 5.75 Å². The smallest absolute Gasteiger partial charge is 0.317 e. The van der Waals surface area contributed by atoms with Crippen molar-refractivity contribution in [2.75, 3.05) is 13.6 Å². The maximum absolute atomic E-state index is 10.7. The monoisotopic (exact) mass is 350 g/mol. The number of carboxylic acid groups (broad SMARTS) is 1. The maximum Gasteiger partial charge on any atom is 0.317 e. The molecule has 0 aliphatic carbocycles. The van der Waals surface area contributed by atoms with Crippen molar-refractivity contribution in [3.05, 3.63) is 59.9 Å². The largest absolute Gasteiger partial charge is 0.487 e. The highest BCUT2D eigenvalue weighted by molar-refractivity contribution is 5.85. The van der Waals surface area contributed by atoms with E-state index in [1.807, 2.05) is 61.3 Å². The third-order valence-corrected chi connectivity index (χ3v) is 3.70. The quantitative estimate of drug-likeness (QED) is 0.792. The lowest BCUT2D eigenvalue weighted by Crippen LogP contribution is -2.35. The first kappa shape index (κ1) is 19.9. The van der Waals surface area contributed by atoms with Gasteiger partial charge in [0.2, 0.25) is 0 Å². The molecule has 1 N–H and O–H groups in total. The number of aliphatic carboxylic acids is 1. The summed E-state index contributed by atoms with van der Waals surface area (Å²) in [7, 11) is 1.82. The summed E-state index contributed by atoms with van der Waals surface area (Å²) in [5, 5.41) is 8.82. The van der Waals surface area contributed by atoms with Gasteiger partial charge >= 0.3 is 5.97 Å². The van der Waals surface area contributed by atoms with Crippen molar-refractivity contribution in [3.8, 4) is 5.75 Å². The molecule has 0 radical (unpaired) electrons. The number of nitrogens with zero attached hydrogens (tertiary/aromatic N) is 2. The van der Waals surface area contributed by atoms with Gasteiger partial charge in [-0.1, -0.05) is 18.2 Å². The summed E-state index contributed by atoms with van der Waals surface area (Å²) < 4.78 is 5.70. The summed E-state index contributed by atoms with van der Waals surface area (Å²) in [6.45, 7) is 2.51. The Labute approximate surface area is 148 Å². The third-order valence-electron chi connectivity index (χ3n) is 3.70. The Kier molecular flexibility index (Phi) is 8.22. The van der Waals surface area contributed by atoms with E-state index < -0.39 is 5.97 Å². The van der Waals surface area contributed by atoms with Crippen molar-refractivity contribution in [1.29, 1.82) is 0 Å².